The first-order chi connectivity index (χ1) is 14.8. The van der Waals surface area contributed by atoms with E-state index in [-0.39, 0.29) is 5.41 Å². The minimum Gasteiger partial charge on any atom is -0.391 e. The molecule has 0 bridgehead atoms. The van der Waals surface area contributed by atoms with Gasteiger partial charge in [0.15, 0.2) is 0 Å². The average Bonchev–Trinajstić information content (AvgIpc) is 3.57. The Morgan fingerprint density at radius 1 is 1.10 bits per heavy atom. The summed E-state index contributed by atoms with van der Waals surface area (Å²) in [5.74, 6) is 0.436. The molecule has 4 heteroatoms. The third kappa shape index (κ3) is 3.28. The molecule has 30 heavy (non-hydrogen) atoms. The lowest BCUT2D eigenvalue weighted by atomic mass is 9.68. The second-order valence-corrected chi connectivity index (χ2v) is 8.01. The van der Waals surface area contributed by atoms with Crippen LogP contribution in [-0.2, 0) is 16.7 Å². The molecule has 0 spiro atoms. The fourth-order valence-electron chi connectivity index (χ4n) is 4.32. The van der Waals surface area contributed by atoms with Crippen molar-refractivity contribution in [1.29, 1.82) is 0 Å². The van der Waals surface area contributed by atoms with Crippen LogP contribution in [0.5, 0.6) is 0 Å². The standard InChI is InChI=1S/C26H25N3O/c1-2-17-30-29-24(19-13-14-19)25-22-15-16-26(18-23(22)27-28-25,20-9-5-3-6-10-20)21-11-7-4-8-12-21/h2-12,15-16,19H,1,13-14,17-18H2,(H,27,28)/b29-24-. The van der Waals surface area contributed by atoms with E-state index in [0.29, 0.717) is 12.5 Å². The van der Waals surface area contributed by atoms with Crippen LogP contribution in [-0.4, -0.2) is 22.5 Å². The van der Waals surface area contributed by atoms with Crippen LogP contribution in [0.2, 0.25) is 0 Å². The van der Waals surface area contributed by atoms with Gasteiger partial charge in [-0.2, -0.15) is 5.10 Å². The Hall–Kier alpha value is -3.40. The van der Waals surface area contributed by atoms with E-state index < -0.39 is 0 Å². The molecule has 2 aromatic carbocycles. The van der Waals surface area contributed by atoms with E-state index in [4.69, 9.17) is 4.84 Å². The number of rotatable bonds is 7. The summed E-state index contributed by atoms with van der Waals surface area (Å²) in [5, 5.41) is 12.4. The number of fused-ring (bicyclic) bond motifs is 1. The maximum atomic E-state index is 5.43. The van der Waals surface area contributed by atoms with Crippen LogP contribution < -0.4 is 0 Å². The van der Waals surface area contributed by atoms with Crippen molar-refractivity contribution in [1.82, 2.24) is 10.2 Å². The third-order valence-electron chi connectivity index (χ3n) is 6.01. The van der Waals surface area contributed by atoms with E-state index >= 15 is 0 Å². The molecule has 4 nitrogen and oxygen atoms in total. The van der Waals surface area contributed by atoms with Gasteiger partial charge in [0.25, 0.3) is 0 Å². The molecule has 3 aromatic rings. The smallest absolute Gasteiger partial charge is 0.135 e. The van der Waals surface area contributed by atoms with E-state index in [2.05, 4.69) is 94.7 Å². The highest BCUT2D eigenvalue weighted by Crippen LogP contribution is 2.43. The molecule has 1 fully saturated rings. The van der Waals surface area contributed by atoms with Gasteiger partial charge in [-0.05, 0) is 24.0 Å². The molecule has 0 unspecified atom stereocenters. The Kier molecular flexibility index (Phi) is 4.83. The first-order valence-electron chi connectivity index (χ1n) is 10.5. The fourth-order valence-corrected chi connectivity index (χ4v) is 4.32. The predicted molar refractivity (Wildman–Crippen MR) is 120 cm³/mol. The molecule has 1 N–H and O–H groups in total. The van der Waals surface area contributed by atoms with Crippen LogP contribution >= 0.6 is 0 Å². The lowest BCUT2D eigenvalue weighted by Gasteiger charge is -2.34. The molecule has 0 aliphatic heterocycles. The molecule has 5 rings (SSSR count). The summed E-state index contributed by atoms with van der Waals surface area (Å²) in [6.07, 6.45) is 9.35. The van der Waals surface area contributed by atoms with Gasteiger partial charge < -0.3 is 4.84 Å². The van der Waals surface area contributed by atoms with Crippen molar-refractivity contribution in [3.05, 3.63) is 107 Å². The molecule has 2 aliphatic rings. The van der Waals surface area contributed by atoms with Crippen molar-refractivity contribution in [2.75, 3.05) is 6.61 Å². The summed E-state index contributed by atoms with van der Waals surface area (Å²) in [6.45, 7) is 4.10. The van der Waals surface area contributed by atoms with Crippen molar-refractivity contribution in [3.8, 4) is 0 Å². The lowest BCUT2D eigenvalue weighted by Crippen LogP contribution is -2.30. The zero-order valence-corrected chi connectivity index (χ0v) is 16.9. The predicted octanol–water partition coefficient (Wildman–Crippen LogP) is 5.28. The van der Waals surface area contributed by atoms with Crippen LogP contribution in [0.25, 0.3) is 6.08 Å². The van der Waals surface area contributed by atoms with Crippen LogP contribution in [0.1, 0.15) is 40.9 Å². The van der Waals surface area contributed by atoms with Gasteiger partial charge in [0, 0.05) is 29.0 Å². The van der Waals surface area contributed by atoms with Crippen molar-refractivity contribution in [2.45, 2.75) is 24.7 Å². The van der Waals surface area contributed by atoms with Gasteiger partial charge in [-0.25, -0.2) is 0 Å². The number of hydrogen-bond acceptors (Lipinski definition) is 3. The Bertz CT molecular complexity index is 1050. The molecule has 1 aromatic heterocycles. The van der Waals surface area contributed by atoms with Gasteiger partial charge in [-0.15, -0.1) is 0 Å². The largest absolute Gasteiger partial charge is 0.391 e. The second-order valence-electron chi connectivity index (χ2n) is 8.01. The van der Waals surface area contributed by atoms with Gasteiger partial charge in [-0.1, -0.05) is 90.6 Å². The van der Waals surface area contributed by atoms with E-state index in [9.17, 15) is 0 Å². The number of aromatic nitrogens is 2. The highest BCUT2D eigenvalue weighted by molar-refractivity contribution is 6.04. The highest BCUT2D eigenvalue weighted by atomic mass is 16.6. The molecule has 0 atom stereocenters. The Morgan fingerprint density at radius 2 is 1.77 bits per heavy atom. The molecular formula is C26H25N3O. The fraction of sp³-hybridized carbons (Fsp3) is 0.231. The van der Waals surface area contributed by atoms with Gasteiger partial charge in [0.2, 0.25) is 0 Å². The highest BCUT2D eigenvalue weighted by Gasteiger charge is 2.38. The number of nitrogens with zero attached hydrogens (tertiary/aromatic N) is 2. The quantitative estimate of drug-likeness (QED) is 0.256. The molecule has 150 valence electrons. The molecule has 0 radical (unpaired) electrons. The zero-order valence-electron chi connectivity index (χ0n) is 16.9. The molecule has 1 saturated carbocycles. The van der Waals surface area contributed by atoms with Crippen molar-refractivity contribution >= 4 is 11.8 Å². The Morgan fingerprint density at radius 3 is 2.37 bits per heavy atom. The van der Waals surface area contributed by atoms with E-state index in [1.165, 1.54) is 11.1 Å². The summed E-state index contributed by atoms with van der Waals surface area (Å²) in [4.78, 5) is 5.43. The molecule has 0 saturated heterocycles. The van der Waals surface area contributed by atoms with Crippen molar-refractivity contribution in [2.24, 2.45) is 11.1 Å². The first kappa shape index (κ1) is 18.6. The average molecular weight is 396 g/mol. The summed E-state index contributed by atoms with van der Waals surface area (Å²) in [7, 11) is 0. The van der Waals surface area contributed by atoms with E-state index in [0.717, 1.165) is 41.9 Å². The third-order valence-corrected chi connectivity index (χ3v) is 6.01. The summed E-state index contributed by atoms with van der Waals surface area (Å²) in [5.41, 5.74) is 6.46. The lowest BCUT2D eigenvalue weighted by molar-refractivity contribution is 0.174. The maximum absolute atomic E-state index is 5.43. The van der Waals surface area contributed by atoms with Crippen molar-refractivity contribution < 1.29 is 4.84 Å². The molecule has 1 heterocycles. The molecule has 2 aliphatic carbocycles. The number of aromatic amines is 1. The van der Waals surface area contributed by atoms with Gasteiger partial charge >= 0.3 is 0 Å². The van der Waals surface area contributed by atoms with Gasteiger partial charge in [0.05, 0.1) is 0 Å². The SMILES string of the molecule is C=CCO/N=C(\c1n[nH]c2c1C=CC(c1ccccc1)(c1ccccc1)C2)C1CC1. The number of allylic oxidation sites excluding steroid dienone is 1. The van der Waals surface area contributed by atoms with Crippen LogP contribution in [0, 0.1) is 5.92 Å². The summed E-state index contributed by atoms with van der Waals surface area (Å²) in [6, 6.07) is 21.4. The van der Waals surface area contributed by atoms with E-state index in [1.54, 1.807) is 6.08 Å². The summed E-state index contributed by atoms with van der Waals surface area (Å²) < 4.78 is 0. The second kappa shape index (κ2) is 7.79. The minimum absolute atomic E-state index is 0.227. The topological polar surface area (TPSA) is 50.3 Å². The zero-order chi connectivity index (χ0) is 20.4. The maximum Gasteiger partial charge on any atom is 0.135 e. The van der Waals surface area contributed by atoms with Crippen LogP contribution in [0.15, 0.2) is 84.6 Å². The molecule has 0 amide bonds. The van der Waals surface area contributed by atoms with Crippen molar-refractivity contribution in [3.63, 3.8) is 0 Å². The number of H-pyrrole nitrogens is 1. The normalized spacial score (nSPS) is 17.4. The summed E-state index contributed by atoms with van der Waals surface area (Å²) >= 11 is 0. The van der Waals surface area contributed by atoms with Crippen LogP contribution in [0.4, 0.5) is 0 Å². The Labute approximate surface area is 177 Å². The monoisotopic (exact) mass is 395 g/mol. The minimum atomic E-state index is -0.227. The van der Waals surface area contributed by atoms with Crippen LogP contribution in [0.3, 0.4) is 0 Å². The Balaban J connectivity index is 1.57. The number of benzene rings is 2. The van der Waals surface area contributed by atoms with Gasteiger partial charge in [0.1, 0.15) is 18.0 Å². The number of nitrogens with one attached hydrogen (secondary N) is 1. The number of oxime groups is 1. The van der Waals surface area contributed by atoms with Gasteiger partial charge in [-0.3, -0.25) is 5.10 Å². The first-order valence-corrected chi connectivity index (χ1v) is 10.5. The number of hydrogen-bond donors (Lipinski definition) is 1. The molecular weight excluding hydrogens is 370 g/mol. The van der Waals surface area contributed by atoms with E-state index in [1.807, 2.05) is 0 Å².